The van der Waals surface area contributed by atoms with Crippen molar-refractivity contribution in [2.45, 2.75) is 11.1 Å². The fraction of sp³-hybridized carbons (Fsp3) is 0.0625. The zero-order valence-electron chi connectivity index (χ0n) is 11.8. The molecule has 0 amide bonds. The SMILES string of the molecule is N#C/C(=C(\N)Sc1ccc(N)cc1)c1ccccc1C(F)(F)F. The van der Waals surface area contributed by atoms with Crippen molar-refractivity contribution in [1.82, 2.24) is 0 Å². The Kier molecular flexibility index (Phi) is 4.86. The Hall–Kier alpha value is -2.59. The predicted octanol–water partition coefficient (Wildman–Crippen LogP) is 4.23. The number of thioether (sulfide) groups is 1. The van der Waals surface area contributed by atoms with Gasteiger partial charge in [-0.2, -0.15) is 18.4 Å². The first kappa shape index (κ1) is 16.8. The van der Waals surface area contributed by atoms with Crippen molar-refractivity contribution >= 4 is 23.0 Å². The molecule has 0 unspecified atom stereocenters. The van der Waals surface area contributed by atoms with Gasteiger partial charge >= 0.3 is 6.18 Å². The number of hydrogen-bond donors (Lipinski definition) is 2. The van der Waals surface area contributed by atoms with Gasteiger partial charge in [0, 0.05) is 16.1 Å². The number of alkyl halides is 3. The average molecular weight is 335 g/mol. The molecule has 0 fully saturated rings. The van der Waals surface area contributed by atoms with E-state index in [2.05, 4.69) is 0 Å². The van der Waals surface area contributed by atoms with Crippen molar-refractivity contribution in [1.29, 1.82) is 5.26 Å². The lowest BCUT2D eigenvalue weighted by Crippen LogP contribution is -2.10. The normalized spacial score (nSPS) is 12.4. The molecule has 0 bridgehead atoms. The van der Waals surface area contributed by atoms with Crippen LogP contribution in [0.15, 0.2) is 58.5 Å². The average Bonchev–Trinajstić information content (AvgIpc) is 2.50. The second kappa shape index (κ2) is 6.67. The highest BCUT2D eigenvalue weighted by Gasteiger charge is 2.34. The summed E-state index contributed by atoms with van der Waals surface area (Å²) in [5.74, 6) is 0. The van der Waals surface area contributed by atoms with Crippen LogP contribution < -0.4 is 11.5 Å². The van der Waals surface area contributed by atoms with E-state index in [1.165, 1.54) is 18.2 Å². The number of anilines is 1. The van der Waals surface area contributed by atoms with E-state index in [1.54, 1.807) is 30.3 Å². The summed E-state index contributed by atoms with van der Waals surface area (Å²) in [6.07, 6.45) is -4.56. The summed E-state index contributed by atoms with van der Waals surface area (Å²) in [5.41, 5.74) is 10.7. The molecule has 0 saturated carbocycles. The van der Waals surface area contributed by atoms with Gasteiger partial charge < -0.3 is 11.5 Å². The highest BCUT2D eigenvalue weighted by molar-refractivity contribution is 8.03. The summed E-state index contributed by atoms with van der Waals surface area (Å²) >= 11 is 1.01. The van der Waals surface area contributed by atoms with Crippen molar-refractivity contribution in [3.05, 3.63) is 64.7 Å². The molecule has 0 atom stereocenters. The lowest BCUT2D eigenvalue weighted by Gasteiger charge is -2.13. The summed E-state index contributed by atoms with van der Waals surface area (Å²) in [5, 5.41) is 9.27. The fourth-order valence-electron chi connectivity index (χ4n) is 1.91. The van der Waals surface area contributed by atoms with Gasteiger partial charge in [-0.25, -0.2) is 0 Å². The van der Waals surface area contributed by atoms with Crippen LogP contribution in [0.3, 0.4) is 0 Å². The number of benzene rings is 2. The van der Waals surface area contributed by atoms with Crippen LogP contribution >= 0.6 is 11.8 Å². The van der Waals surface area contributed by atoms with Gasteiger partial charge in [0.2, 0.25) is 0 Å². The second-order valence-electron chi connectivity index (χ2n) is 4.57. The number of nitrogens with two attached hydrogens (primary N) is 2. The topological polar surface area (TPSA) is 75.8 Å². The van der Waals surface area contributed by atoms with E-state index >= 15 is 0 Å². The Labute approximate surface area is 135 Å². The molecule has 4 N–H and O–H groups in total. The molecule has 23 heavy (non-hydrogen) atoms. The first-order valence-electron chi connectivity index (χ1n) is 6.42. The van der Waals surface area contributed by atoms with E-state index in [4.69, 9.17) is 11.5 Å². The standard InChI is InChI=1S/C16H12F3N3S/c17-16(18,19)14-4-2-1-3-12(14)13(9-20)15(22)23-11-7-5-10(21)6-8-11/h1-8H,21-22H2/b15-13-. The molecule has 2 aromatic rings. The van der Waals surface area contributed by atoms with Gasteiger partial charge in [-0.1, -0.05) is 30.0 Å². The molecule has 0 aliphatic rings. The smallest absolute Gasteiger partial charge is 0.399 e. The minimum atomic E-state index is -4.56. The van der Waals surface area contributed by atoms with Crippen LogP contribution in [0.25, 0.3) is 5.57 Å². The Morgan fingerprint density at radius 3 is 2.22 bits per heavy atom. The summed E-state index contributed by atoms with van der Waals surface area (Å²) in [6, 6.07) is 13.3. The van der Waals surface area contributed by atoms with Gasteiger partial charge in [0.05, 0.1) is 16.2 Å². The maximum absolute atomic E-state index is 13.1. The molecule has 0 aromatic heterocycles. The van der Waals surface area contributed by atoms with Crippen LogP contribution in [0.2, 0.25) is 0 Å². The third-order valence-electron chi connectivity index (χ3n) is 2.97. The van der Waals surface area contributed by atoms with E-state index in [9.17, 15) is 18.4 Å². The van der Waals surface area contributed by atoms with Gasteiger partial charge in [0.1, 0.15) is 6.07 Å². The summed E-state index contributed by atoms with van der Waals surface area (Å²) in [4.78, 5) is 0.675. The zero-order chi connectivity index (χ0) is 17.0. The summed E-state index contributed by atoms with van der Waals surface area (Å²) in [6.45, 7) is 0. The molecule has 0 spiro atoms. The molecular weight excluding hydrogens is 323 g/mol. The number of hydrogen-bond acceptors (Lipinski definition) is 4. The van der Waals surface area contributed by atoms with Gasteiger partial charge in [0.25, 0.3) is 0 Å². The summed E-state index contributed by atoms with van der Waals surface area (Å²) < 4.78 is 39.3. The molecule has 2 aromatic carbocycles. The van der Waals surface area contributed by atoms with Crippen molar-refractivity contribution in [3.63, 3.8) is 0 Å². The molecular formula is C16H12F3N3S. The highest BCUT2D eigenvalue weighted by Crippen LogP contribution is 2.37. The molecule has 0 radical (unpaired) electrons. The third-order valence-corrected chi connectivity index (χ3v) is 3.90. The lowest BCUT2D eigenvalue weighted by atomic mass is 10.0. The predicted molar refractivity (Wildman–Crippen MR) is 84.9 cm³/mol. The van der Waals surface area contributed by atoms with Gasteiger partial charge in [-0.05, 0) is 30.3 Å². The molecule has 118 valence electrons. The van der Waals surface area contributed by atoms with E-state index in [-0.39, 0.29) is 16.2 Å². The monoisotopic (exact) mass is 335 g/mol. The van der Waals surface area contributed by atoms with E-state index < -0.39 is 11.7 Å². The molecule has 7 heteroatoms. The number of halogens is 3. The number of nitrogen functional groups attached to an aromatic ring is 1. The first-order valence-corrected chi connectivity index (χ1v) is 7.24. The largest absolute Gasteiger partial charge is 0.417 e. The van der Waals surface area contributed by atoms with E-state index in [0.29, 0.717) is 10.6 Å². The Balaban J connectivity index is 2.47. The van der Waals surface area contributed by atoms with Gasteiger partial charge in [0.15, 0.2) is 0 Å². The molecule has 0 aliphatic carbocycles. The van der Waals surface area contributed by atoms with Crippen LogP contribution in [0.5, 0.6) is 0 Å². The Morgan fingerprint density at radius 2 is 1.65 bits per heavy atom. The maximum Gasteiger partial charge on any atom is 0.417 e. The molecule has 0 aliphatic heterocycles. The first-order chi connectivity index (χ1) is 10.8. The van der Waals surface area contributed by atoms with Crippen LogP contribution in [-0.2, 0) is 6.18 Å². The molecule has 2 rings (SSSR count). The fourth-order valence-corrected chi connectivity index (χ4v) is 2.69. The minimum Gasteiger partial charge on any atom is -0.399 e. The molecule has 3 nitrogen and oxygen atoms in total. The van der Waals surface area contributed by atoms with Crippen molar-refractivity contribution < 1.29 is 13.2 Å². The van der Waals surface area contributed by atoms with Crippen LogP contribution in [-0.4, -0.2) is 0 Å². The second-order valence-corrected chi connectivity index (χ2v) is 5.68. The zero-order valence-corrected chi connectivity index (χ0v) is 12.6. The van der Waals surface area contributed by atoms with Crippen LogP contribution in [0.1, 0.15) is 11.1 Å². The lowest BCUT2D eigenvalue weighted by molar-refractivity contribution is -0.137. The quantitative estimate of drug-likeness (QED) is 0.500. The highest BCUT2D eigenvalue weighted by atomic mass is 32.2. The number of nitrogens with zero attached hydrogens (tertiary/aromatic N) is 1. The van der Waals surface area contributed by atoms with Crippen LogP contribution in [0.4, 0.5) is 18.9 Å². The minimum absolute atomic E-state index is 0.00558. The third kappa shape index (κ3) is 3.99. The molecule has 0 saturated heterocycles. The van der Waals surface area contributed by atoms with Crippen LogP contribution in [0, 0.1) is 11.3 Å². The number of rotatable bonds is 3. The van der Waals surface area contributed by atoms with Gasteiger partial charge in [-0.15, -0.1) is 0 Å². The number of allylic oxidation sites excluding steroid dienone is 1. The van der Waals surface area contributed by atoms with Crippen molar-refractivity contribution in [2.75, 3.05) is 5.73 Å². The Bertz CT molecular complexity index is 774. The summed E-state index contributed by atoms with van der Waals surface area (Å²) in [7, 11) is 0. The van der Waals surface area contributed by atoms with E-state index in [0.717, 1.165) is 17.8 Å². The number of nitriles is 1. The van der Waals surface area contributed by atoms with Crippen molar-refractivity contribution in [3.8, 4) is 6.07 Å². The van der Waals surface area contributed by atoms with Crippen molar-refractivity contribution in [2.24, 2.45) is 5.73 Å². The van der Waals surface area contributed by atoms with E-state index in [1.807, 2.05) is 0 Å². The van der Waals surface area contributed by atoms with Gasteiger partial charge in [-0.3, -0.25) is 0 Å². The molecule has 0 heterocycles. The Morgan fingerprint density at radius 1 is 1.04 bits per heavy atom. The maximum atomic E-state index is 13.1.